The molecule has 9 heteroatoms. The lowest BCUT2D eigenvalue weighted by Crippen LogP contribution is -2.50. The molecule has 0 spiro atoms. The van der Waals surface area contributed by atoms with E-state index < -0.39 is 11.8 Å². The summed E-state index contributed by atoms with van der Waals surface area (Å²) in [7, 11) is 0. The Labute approximate surface area is 163 Å². The first kappa shape index (κ1) is 21.2. The molecule has 1 aliphatic heterocycles. The first-order valence-electron chi connectivity index (χ1n) is 9.08. The standard InChI is InChI=1S/C19H26FN5O3/c1-3-28-19(27)17(18(21)22)13(2)23-12-16(26)25-10-8-24(9-11-25)15-6-4-14(20)5-7-15/h4-7,23H,3,8-12H2,1-2H3,(H3,21,22)/b17-13+. The van der Waals surface area contributed by atoms with Crippen LogP contribution in [0.3, 0.4) is 0 Å². The van der Waals surface area contributed by atoms with Crippen LogP contribution in [-0.4, -0.2) is 61.9 Å². The summed E-state index contributed by atoms with van der Waals surface area (Å²) < 4.78 is 17.9. The Morgan fingerprint density at radius 2 is 1.82 bits per heavy atom. The lowest BCUT2D eigenvalue weighted by molar-refractivity contribution is -0.138. The number of nitrogens with two attached hydrogens (primary N) is 1. The van der Waals surface area contributed by atoms with Gasteiger partial charge in [-0.05, 0) is 38.1 Å². The van der Waals surface area contributed by atoms with Crippen LogP contribution in [0.2, 0.25) is 0 Å². The molecule has 0 aliphatic carbocycles. The molecule has 2 rings (SSSR count). The molecule has 1 saturated heterocycles. The van der Waals surface area contributed by atoms with Gasteiger partial charge in [-0.1, -0.05) is 0 Å². The summed E-state index contributed by atoms with van der Waals surface area (Å²) in [5.74, 6) is -1.51. The number of nitrogens with one attached hydrogen (secondary N) is 2. The normalized spacial score (nSPS) is 15.0. The number of halogens is 1. The molecule has 0 bridgehead atoms. The van der Waals surface area contributed by atoms with E-state index in [0.29, 0.717) is 31.9 Å². The zero-order valence-electron chi connectivity index (χ0n) is 16.1. The number of hydrogen-bond acceptors (Lipinski definition) is 6. The Kier molecular flexibility index (Phi) is 7.36. The Hall–Kier alpha value is -3.10. The number of benzene rings is 1. The van der Waals surface area contributed by atoms with E-state index in [9.17, 15) is 14.0 Å². The molecule has 28 heavy (non-hydrogen) atoms. The van der Waals surface area contributed by atoms with Gasteiger partial charge in [0.1, 0.15) is 17.2 Å². The first-order chi connectivity index (χ1) is 13.3. The summed E-state index contributed by atoms with van der Waals surface area (Å²) in [5, 5.41) is 10.4. The number of piperazine rings is 1. The van der Waals surface area contributed by atoms with Crippen molar-refractivity contribution in [2.45, 2.75) is 13.8 Å². The van der Waals surface area contributed by atoms with Crippen molar-refractivity contribution < 1.29 is 18.7 Å². The van der Waals surface area contributed by atoms with Crippen LogP contribution < -0.4 is 16.0 Å². The maximum Gasteiger partial charge on any atom is 0.343 e. The third-order valence-corrected chi connectivity index (χ3v) is 4.45. The highest BCUT2D eigenvalue weighted by molar-refractivity contribution is 6.17. The summed E-state index contributed by atoms with van der Waals surface area (Å²) in [5.41, 5.74) is 6.63. The summed E-state index contributed by atoms with van der Waals surface area (Å²) in [4.78, 5) is 28.2. The van der Waals surface area contributed by atoms with Gasteiger partial charge in [0.15, 0.2) is 0 Å². The van der Waals surface area contributed by atoms with Crippen molar-refractivity contribution in [2.24, 2.45) is 5.73 Å². The number of anilines is 1. The third kappa shape index (κ3) is 5.45. The van der Waals surface area contributed by atoms with Crippen molar-refractivity contribution >= 4 is 23.4 Å². The maximum atomic E-state index is 13.0. The van der Waals surface area contributed by atoms with E-state index in [-0.39, 0.29) is 30.4 Å². The van der Waals surface area contributed by atoms with Gasteiger partial charge in [0, 0.05) is 37.6 Å². The molecule has 1 aliphatic rings. The fourth-order valence-corrected chi connectivity index (χ4v) is 2.94. The quantitative estimate of drug-likeness (QED) is 0.275. The van der Waals surface area contributed by atoms with Crippen LogP contribution in [-0.2, 0) is 14.3 Å². The summed E-state index contributed by atoms with van der Waals surface area (Å²) in [6.07, 6.45) is 0. The molecule has 4 N–H and O–H groups in total. The number of nitrogens with zero attached hydrogens (tertiary/aromatic N) is 2. The smallest absolute Gasteiger partial charge is 0.343 e. The Balaban J connectivity index is 1.89. The number of ether oxygens (including phenoxy) is 1. The Bertz CT molecular complexity index is 755. The Morgan fingerprint density at radius 1 is 1.21 bits per heavy atom. The van der Waals surface area contributed by atoms with Gasteiger partial charge in [0.05, 0.1) is 13.2 Å². The predicted molar refractivity (Wildman–Crippen MR) is 104 cm³/mol. The second-order valence-electron chi connectivity index (χ2n) is 6.33. The highest BCUT2D eigenvalue weighted by atomic mass is 19.1. The van der Waals surface area contributed by atoms with Crippen LogP contribution in [0.4, 0.5) is 10.1 Å². The number of carbonyl (C=O) groups is 2. The van der Waals surface area contributed by atoms with E-state index in [1.807, 2.05) is 0 Å². The molecule has 0 saturated carbocycles. The highest BCUT2D eigenvalue weighted by Gasteiger charge is 2.22. The van der Waals surface area contributed by atoms with Crippen LogP contribution in [0.25, 0.3) is 0 Å². The topological polar surface area (TPSA) is 112 Å². The molecule has 0 unspecified atom stereocenters. The minimum absolute atomic E-state index is 0.0153. The van der Waals surface area contributed by atoms with E-state index in [1.54, 1.807) is 30.9 Å². The van der Waals surface area contributed by atoms with Crippen molar-refractivity contribution in [3.8, 4) is 0 Å². The number of rotatable bonds is 7. The second kappa shape index (κ2) is 9.72. The van der Waals surface area contributed by atoms with Crippen LogP contribution >= 0.6 is 0 Å². The zero-order chi connectivity index (χ0) is 20.7. The van der Waals surface area contributed by atoms with Crippen molar-refractivity contribution in [3.63, 3.8) is 0 Å². The predicted octanol–water partition coefficient (Wildman–Crippen LogP) is 0.837. The fourth-order valence-electron chi connectivity index (χ4n) is 2.94. The fraction of sp³-hybridized carbons (Fsp3) is 0.421. The van der Waals surface area contributed by atoms with E-state index in [1.165, 1.54) is 12.1 Å². The van der Waals surface area contributed by atoms with Gasteiger partial charge in [0.2, 0.25) is 5.91 Å². The van der Waals surface area contributed by atoms with Crippen LogP contribution in [0.5, 0.6) is 0 Å². The number of amidine groups is 1. The lowest BCUT2D eigenvalue weighted by Gasteiger charge is -2.36. The monoisotopic (exact) mass is 391 g/mol. The molecule has 8 nitrogen and oxygen atoms in total. The Morgan fingerprint density at radius 3 is 2.36 bits per heavy atom. The van der Waals surface area contributed by atoms with Gasteiger partial charge in [0.25, 0.3) is 0 Å². The summed E-state index contributed by atoms with van der Waals surface area (Å²) in [6.45, 7) is 5.76. The molecular formula is C19H26FN5O3. The van der Waals surface area contributed by atoms with E-state index in [0.717, 1.165) is 5.69 Å². The van der Waals surface area contributed by atoms with Crippen molar-refractivity contribution in [3.05, 3.63) is 41.4 Å². The first-order valence-corrected chi connectivity index (χ1v) is 9.08. The van der Waals surface area contributed by atoms with Gasteiger partial charge < -0.3 is 25.6 Å². The van der Waals surface area contributed by atoms with Gasteiger partial charge in [-0.25, -0.2) is 9.18 Å². The van der Waals surface area contributed by atoms with Gasteiger partial charge in [-0.3, -0.25) is 10.2 Å². The van der Waals surface area contributed by atoms with Gasteiger partial charge in [-0.15, -0.1) is 0 Å². The van der Waals surface area contributed by atoms with Crippen LogP contribution in [0.15, 0.2) is 35.5 Å². The number of esters is 1. The minimum Gasteiger partial charge on any atom is -0.462 e. The maximum absolute atomic E-state index is 13.0. The number of amides is 1. The average Bonchev–Trinajstić information content (AvgIpc) is 2.67. The van der Waals surface area contributed by atoms with Gasteiger partial charge >= 0.3 is 5.97 Å². The summed E-state index contributed by atoms with van der Waals surface area (Å²) >= 11 is 0. The third-order valence-electron chi connectivity index (χ3n) is 4.45. The SMILES string of the molecule is CCOC(=O)/C(C(=N)N)=C(\C)NCC(=O)N1CCN(c2ccc(F)cc2)CC1. The molecular weight excluding hydrogens is 365 g/mol. The molecule has 152 valence electrons. The molecule has 1 aromatic rings. The van der Waals surface area contributed by atoms with E-state index in [2.05, 4.69) is 10.2 Å². The van der Waals surface area contributed by atoms with Crippen molar-refractivity contribution in [1.29, 1.82) is 5.41 Å². The van der Waals surface area contributed by atoms with Crippen molar-refractivity contribution in [2.75, 3.05) is 44.2 Å². The zero-order valence-corrected chi connectivity index (χ0v) is 16.1. The minimum atomic E-state index is -0.694. The molecule has 1 heterocycles. The lowest BCUT2D eigenvalue weighted by atomic mass is 10.2. The van der Waals surface area contributed by atoms with Crippen LogP contribution in [0.1, 0.15) is 13.8 Å². The molecule has 1 amide bonds. The van der Waals surface area contributed by atoms with E-state index >= 15 is 0 Å². The number of carbonyl (C=O) groups excluding carboxylic acids is 2. The average molecular weight is 391 g/mol. The van der Waals surface area contributed by atoms with Gasteiger partial charge in [-0.2, -0.15) is 0 Å². The molecule has 0 aromatic heterocycles. The van der Waals surface area contributed by atoms with E-state index in [4.69, 9.17) is 15.9 Å². The van der Waals surface area contributed by atoms with Crippen molar-refractivity contribution in [1.82, 2.24) is 10.2 Å². The largest absolute Gasteiger partial charge is 0.462 e. The molecule has 0 atom stereocenters. The molecule has 1 aromatic carbocycles. The van der Waals surface area contributed by atoms with Crippen LogP contribution in [0, 0.1) is 11.2 Å². The summed E-state index contributed by atoms with van der Waals surface area (Å²) in [6, 6.07) is 6.28. The molecule has 0 radical (unpaired) electrons. The second-order valence-corrected chi connectivity index (χ2v) is 6.33. The number of allylic oxidation sites excluding steroid dienone is 1. The molecule has 1 fully saturated rings. The number of hydrogen-bond donors (Lipinski definition) is 3. The highest BCUT2D eigenvalue weighted by Crippen LogP contribution is 2.17.